The first-order valence-corrected chi connectivity index (χ1v) is 7.00. The quantitative estimate of drug-likeness (QED) is 0.480. The van der Waals surface area contributed by atoms with Gasteiger partial charge in [-0.05, 0) is 18.6 Å². The molecule has 96 valence electrons. The topological polar surface area (TPSA) is 96.0 Å². The number of para-hydroxylation sites is 1. The van der Waals surface area contributed by atoms with Gasteiger partial charge in [0.05, 0.1) is 4.92 Å². The van der Waals surface area contributed by atoms with Gasteiger partial charge < -0.3 is 5.32 Å². The molecular formula is C11H13N3O3S. The van der Waals surface area contributed by atoms with Crippen molar-refractivity contribution >= 4 is 22.2 Å². The van der Waals surface area contributed by atoms with Gasteiger partial charge in [0.15, 0.2) is 0 Å². The van der Waals surface area contributed by atoms with Crippen molar-refractivity contribution in [3.8, 4) is 6.07 Å². The van der Waals surface area contributed by atoms with E-state index < -0.39 is 15.7 Å². The second-order valence-corrected chi connectivity index (χ2v) is 5.18. The molecule has 0 saturated carbocycles. The summed E-state index contributed by atoms with van der Waals surface area (Å²) in [6, 6.07) is 6.35. The predicted molar refractivity (Wildman–Crippen MR) is 69.9 cm³/mol. The highest BCUT2D eigenvalue weighted by molar-refractivity contribution is 7.84. The molecule has 6 nitrogen and oxygen atoms in total. The van der Waals surface area contributed by atoms with Gasteiger partial charge in [-0.2, -0.15) is 5.26 Å². The van der Waals surface area contributed by atoms with E-state index in [0.717, 1.165) is 0 Å². The fourth-order valence-electron chi connectivity index (χ4n) is 1.47. The minimum Gasteiger partial charge on any atom is -0.379 e. The first-order chi connectivity index (χ1) is 8.56. The fourth-order valence-corrected chi connectivity index (χ4v) is 2.02. The van der Waals surface area contributed by atoms with E-state index in [1.807, 2.05) is 0 Å². The van der Waals surface area contributed by atoms with E-state index in [9.17, 15) is 14.3 Å². The molecule has 0 aliphatic heterocycles. The third-order valence-corrected chi connectivity index (χ3v) is 3.13. The standard InChI is InChI=1S/C11H13N3O3S/c1-18(17)7-3-6-13-10-5-2-4-9(8-12)11(10)14(15)16/h2,4-5,13H,3,6-7H2,1H3. The third-order valence-electron chi connectivity index (χ3n) is 2.26. The highest BCUT2D eigenvalue weighted by atomic mass is 32.2. The Labute approximate surface area is 107 Å². The van der Waals surface area contributed by atoms with Crippen LogP contribution in [0.15, 0.2) is 18.2 Å². The minimum absolute atomic E-state index is 0.0315. The maximum atomic E-state index is 10.9. The molecule has 0 aliphatic carbocycles. The molecule has 0 heterocycles. The first-order valence-electron chi connectivity index (χ1n) is 5.27. The number of nitrogens with zero attached hydrogens (tertiary/aromatic N) is 2. The summed E-state index contributed by atoms with van der Waals surface area (Å²) in [6.45, 7) is 0.481. The van der Waals surface area contributed by atoms with Crippen LogP contribution in [-0.4, -0.2) is 27.7 Å². The molecule has 0 spiro atoms. The number of nitrogens with one attached hydrogen (secondary N) is 1. The molecule has 1 N–H and O–H groups in total. The molecule has 1 unspecified atom stereocenters. The molecule has 0 bridgehead atoms. The lowest BCUT2D eigenvalue weighted by Crippen LogP contribution is -2.08. The largest absolute Gasteiger partial charge is 0.379 e. The van der Waals surface area contributed by atoms with E-state index >= 15 is 0 Å². The van der Waals surface area contributed by atoms with E-state index in [2.05, 4.69) is 5.32 Å². The van der Waals surface area contributed by atoms with E-state index in [1.165, 1.54) is 6.07 Å². The van der Waals surface area contributed by atoms with Crippen LogP contribution in [0.5, 0.6) is 0 Å². The number of anilines is 1. The summed E-state index contributed by atoms with van der Waals surface area (Å²) in [6.07, 6.45) is 2.26. The molecule has 0 radical (unpaired) electrons. The van der Waals surface area contributed by atoms with Crippen molar-refractivity contribution in [1.29, 1.82) is 5.26 Å². The maximum Gasteiger partial charge on any atom is 0.309 e. The van der Waals surface area contributed by atoms with Gasteiger partial charge in [0, 0.05) is 29.4 Å². The first kappa shape index (κ1) is 14.1. The van der Waals surface area contributed by atoms with Crippen molar-refractivity contribution in [2.24, 2.45) is 0 Å². The zero-order chi connectivity index (χ0) is 13.5. The Morgan fingerprint density at radius 1 is 1.56 bits per heavy atom. The van der Waals surface area contributed by atoms with Gasteiger partial charge in [0.25, 0.3) is 0 Å². The summed E-state index contributed by atoms with van der Waals surface area (Å²) in [4.78, 5) is 10.3. The Morgan fingerprint density at radius 2 is 2.28 bits per heavy atom. The summed E-state index contributed by atoms with van der Waals surface area (Å²) >= 11 is 0. The van der Waals surface area contributed by atoms with Gasteiger partial charge in [-0.15, -0.1) is 0 Å². The summed E-state index contributed by atoms with van der Waals surface area (Å²) in [5, 5.41) is 22.6. The third kappa shape index (κ3) is 3.82. The lowest BCUT2D eigenvalue weighted by atomic mass is 10.1. The monoisotopic (exact) mass is 267 g/mol. The molecule has 0 amide bonds. The molecule has 0 aliphatic rings. The summed E-state index contributed by atoms with van der Waals surface area (Å²) in [5.74, 6) is 0.540. The van der Waals surface area contributed by atoms with Gasteiger partial charge in [-0.25, -0.2) is 0 Å². The van der Waals surface area contributed by atoms with Gasteiger partial charge in [-0.3, -0.25) is 14.3 Å². The fraction of sp³-hybridized carbons (Fsp3) is 0.364. The molecule has 0 saturated heterocycles. The van der Waals surface area contributed by atoms with Crippen molar-refractivity contribution in [2.75, 3.05) is 23.9 Å². The Kier molecular flexibility index (Phi) is 5.27. The smallest absolute Gasteiger partial charge is 0.309 e. The second kappa shape index (κ2) is 6.71. The van der Waals surface area contributed by atoms with Crippen molar-refractivity contribution in [2.45, 2.75) is 6.42 Å². The van der Waals surface area contributed by atoms with Crippen LogP contribution in [0.2, 0.25) is 0 Å². The van der Waals surface area contributed by atoms with E-state index in [-0.39, 0.29) is 11.3 Å². The van der Waals surface area contributed by atoms with E-state index in [1.54, 1.807) is 24.5 Å². The highest BCUT2D eigenvalue weighted by Gasteiger charge is 2.18. The number of benzene rings is 1. The average molecular weight is 267 g/mol. The molecule has 1 rings (SSSR count). The van der Waals surface area contributed by atoms with Crippen molar-refractivity contribution < 1.29 is 9.13 Å². The molecule has 1 aromatic carbocycles. The van der Waals surface area contributed by atoms with Crippen LogP contribution in [0.1, 0.15) is 12.0 Å². The Morgan fingerprint density at radius 3 is 2.83 bits per heavy atom. The minimum atomic E-state index is -0.870. The van der Waals surface area contributed by atoms with Crippen LogP contribution in [0.4, 0.5) is 11.4 Å². The van der Waals surface area contributed by atoms with Crippen molar-refractivity contribution in [3.63, 3.8) is 0 Å². The van der Waals surface area contributed by atoms with Crippen LogP contribution in [0.3, 0.4) is 0 Å². The molecular weight excluding hydrogens is 254 g/mol. The van der Waals surface area contributed by atoms with Crippen molar-refractivity contribution in [3.05, 3.63) is 33.9 Å². The average Bonchev–Trinajstić information content (AvgIpc) is 2.33. The maximum absolute atomic E-state index is 10.9. The number of hydrogen-bond acceptors (Lipinski definition) is 5. The Hall–Kier alpha value is -1.94. The van der Waals surface area contributed by atoms with Crippen LogP contribution in [-0.2, 0) is 10.8 Å². The molecule has 1 atom stereocenters. The number of nitro benzene ring substituents is 1. The molecule has 7 heteroatoms. The zero-order valence-electron chi connectivity index (χ0n) is 9.88. The van der Waals surface area contributed by atoms with Crippen LogP contribution in [0, 0.1) is 21.4 Å². The number of nitriles is 1. The van der Waals surface area contributed by atoms with Gasteiger partial charge in [0.2, 0.25) is 0 Å². The SMILES string of the molecule is CS(=O)CCCNc1cccc(C#N)c1[N+](=O)[O-]. The summed E-state index contributed by atoms with van der Waals surface area (Å²) in [5.41, 5.74) is 0.141. The lowest BCUT2D eigenvalue weighted by Gasteiger charge is -2.07. The number of nitro groups is 1. The number of rotatable bonds is 6. The zero-order valence-corrected chi connectivity index (χ0v) is 10.7. The molecule has 0 fully saturated rings. The molecule has 0 aromatic heterocycles. The van der Waals surface area contributed by atoms with Gasteiger partial charge >= 0.3 is 5.69 Å². The number of hydrogen-bond donors (Lipinski definition) is 1. The lowest BCUT2D eigenvalue weighted by molar-refractivity contribution is -0.384. The summed E-state index contributed by atoms with van der Waals surface area (Å²) < 4.78 is 10.9. The van der Waals surface area contributed by atoms with Crippen LogP contribution < -0.4 is 5.32 Å². The molecule has 18 heavy (non-hydrogen) atoms. The highest BCUT2D eigenvalue weighted by Crippen LogP contribution is 2.27. The van der Waals surface area contributed by atoms with Gasteiger partial charge in [-0.1, -0.05) is 6.07 Å². The second-order valence-electron chi connectivity index (χ2n) is 3.63. The van der Waals surface area contributed by atoms with Crippen LogP contribution >= 0.6 is 0 Å². The van der Waals surface area contributed by atoms with Crippen molar-refractivity contribution in [1.82, 2.24) is 0 Å². The van der Waals surface area contributed by atoms with E-state index in [4.69, 9.17) is 5.26 Å². The Balaban J connectivity index is 2.80. The normalized spacial score (nSPS) is 11.6. The predicted octanol–water partition coefficient (Wildman–Crippen LogP) is 1.65. The Bertz CT molecular complexity index is 511. The van der Waals surface area contributed by atoms with E-state index in [0.29, 0.717) is 24.4 Å². The van der Waals surface area contributed by atoms with Gasteiger partial charge in [0.1, 0.15) is 17.3 Å². The summed E-state index contributed by atoms with van der Waals surface area (Å²) in [7, 11) is -0.870. The molecule has 1 aromatic rings. The van der Waals surface area contributed by atoms with Crippen LogP contribution in [0.25, 0.3) is 0 Å².